The second-order valence-electron chi connectivity index (χ2n) is 29.1. The number of aryl methyl sites for hydroxylation is 7. The highest BCUT2D eigenvalue weighted by Crippen LogP contribution is 2.34. The molecule has 0 spiro atoms. The first kappa shape index (κ1) is 84.6. The highest BCUT2D eigenvalue weighted by molar-refractivity contribution is 7.94. The Hall–Kier alpha value is -12.3. The van der Waals surface area contributed by atoms with Crippen molar-refractivity contribution in [3.05, 3.63) is 360 Å². The van der Waals surface area contributed by atoms with Gasteiger partial charge in [-0.3, -0.25) is 23.6 Å². The first-order chi connectivity index (χ1) is 55.0. The number of sulfonamides is 5. The van der Waals surface area contributed by atoms with E-state index in [0.717, 1.165) is 94.0 Å². The molecule has 15 aromatic rings. The molecule has 594 valence electrons. The van der Waals surface area contributed by atoms with Gasteiger partial charge in [-0.2, -0.15) is 0 Å². The third-order valence-electron chi connectivity index (χ3n) is 19.1. The lowest BCUT2D eigenvalue weighted by molar-refractivity contribution is 0.474. The lowest BCUT2D eigenvalue weighted by atomic mass is 9.87. The largest absolute Gasteiger partial charge is 0.508 e. The molecular formula is C94H91N5O12S5. The number of nitrogens with one attached hydrogen (secondary N) is 5. The Morgan fingerprint density at radius 3 is 0.966 bits per heavy atom. The Bertz CT molecular complexity index is 6670. The Morgan fingerprint density at radius 2 is 0.578 bits per heavy atom. The Balaban J connectivity index is 0.000000143. The van der Waals surface area contributed by atoms with Gasteiger partial charge >= 0.3 is 0 Å². The van der Waals surface area contributed by atoms with Crippen LogP contribution in [0, 0.1) is 41.5 Å². The molecule has 15 aromatic carbocycles. The molecule has 17 nitrogen and oxygen atoms in total. The quantitative estimate of drug-likeness (QED) is 0.0420. The van der Waals surface area contributed by atoms with Crippen LogP contribution in [-0.2, 0) is 62.0 Å². The summed E-state index contributed by atoms with van der Waals surface area (Å²) in [5.74, 6) is 0.206. The molecule has 0 heterocycles. The van der Waals surface area contributed by atoms with Gasteiger partial charge in [-0.25, -0.2) is 42.1 Å². The molecule has 0 aliphatic rings. The topological polar surface area (TPSA) is 271 Å². The zero-order valence-corrected chi connectivity index (χ0v) is 69.8. The molecule has 0 aliphatic heterocycles. The van der Waals surface area contributed by atoms with Gasteiger partial charge in [-0.05, 0) is 247 Å². The second-order valence-corrected chi connectivity index (χ2v) is 37.5. The molecule has 0 aliphatic carbocycles. The minimum Gasteiger partial charge on any atom is -0.508 e. The standard InChI is InChI=1S/C21H17NO2S.C19H17NO3S.C19H19NO2S.C18H17NO2S.C17H21NO3S/c1-15-9-10-17-7-4-8-21(20(17)13-15)22-25(23,24)19-12-11-16-5-2-3-6-18(16)14-19;1-14-13-17(21)9-12-19(14)20-24(22,23)18-10-7-16(8-11-18)15-5-3-2-4-6-15;1-3-15-8-11-17(12-9-15)23(21,22)20-19-6-4-5-16-10-7-14(2)13-18(16)19;1-13-7-10-16(11-8-13)22(20,21)19-18-5-3-4-15-9-6-14(2)12-17(15)18;1-12-11-14(19)7-10-16(12)18-22(20,21)15-8-5-13(6-9-15)17(2,3)4/h2-14,22H,1H3;2-13,20-21H,1H3;4-13,20H,3H2,1-2H3;3-12,19H,1-2H3;5-11,18-19H,1-4H3. The number of phenols is 2. The fourth-order valence-electron chi connectivity index (χ4n) is 12.5. The van der Waals surface area contributed by atoms with Crippen LogP contribution in [0.4, 0.5) is 28.4 Å². The van der Waals surface area contributed by atoms with Crippen molar-refractivity contribution in [2.24, 2.45) is 0 Å². The maximum Gasteiger partial charge on any atom is 0.261 e. The predicted molar refractivity (Wildman–Crippen MR) is 474 cm³/mol. The summed E-state index contributed by atoms with van der Waals surface area (Å²) in [5, 5.41) is 26.4. The van der Waals surface area contributed by atoms with Crippen molar-refractivity contribution in [1.29, 1.82) is 0 Å². The number of anilines is 5. The smallest absolute Gasteiger partial charge is 0.261 e. The van der Waals surface area contributed by atoms with E-state index in [0.29, 0.717) is 39.6 Å². The van der Waals surface area contributed by atoms with Crippen molar-refractivity contribution in [1.82, 2.24) is 0 Å². The summed E-state index contributed by atoms with van der Waals surface area (Å²) in [7, 11) is -18.2. The van der Waals surface area contributed by atoms with Crippen LogP contribution in [0.15, 0.2) is 340 Å². The van der Waals surface area contributed by atoms with E-state index >= 15 is 0 Å². The lowest BCUT2D eigenvalue weighted by Crippen LogP contribution is -2.15. The highest BCUT2D eigenvalue weighted by atomic mass is 32.2. The van der Waals surface area contributed by atoms with Crippen LogP contribution in [0.5, 0.6) is 11.5 Å². The molecule has 0 amide bonds. The van der Waals surface area contributed by atoms with Crippen molar-refractivity contribution in [2.75, 3.05) is 23.6 Å². The van der Waals surface area contributed by atoms with E-state index in [1.165, 1.54) is 24.3 Å². The molecular weight excluding hydrogens is 1550 g/mol. The van der Waals surface area contributed by atoms with Gasteiger partial charge in [0.2, 0.25) is 0 Å². The summed E-state index contributed by atoms with van der Waals surface area (Å²) in [6.45, 7) is 19.7. The lowest BCUT2D eigenvalue weighted by Gasteiger charge is -2.19. The van der Waals surface area contributed by atoms with Crippen molar-refractivity contribution < 1.29 is 52.3 Å². The van der Waals surface area contributed by atoms with Gasteiger partial charge in [0.05, 0.1) is 52.9 Å². The molecule has 116 heavy (non-hydrogen) atoms. The Kier molecular flexibility index (Phi) is 26.3. The zero-order chi connectivity index (χ0) is 83.3. The van der Waals surface area contributed by atoms with Gasteiger partial charge < -0.3 is 10.2 Å². The molecule has 0 saturated heterocycles. The maximum atomic E-state index is 12.9. The fourth-order valence-corrected chi connectivity index (χ4v) is 18.1. The number of rotatable bonds is 17. The summed E-state index contributed by atoms with van der Waals surface area (Å²) in [4.78, 5) is 1.21. The van der Waals surface area contributed by atoms with Crippen LogP contribution in [0.2, 0.25) is 0 Å². The molecule has 15 rings (SSSR count). The molecule has 0 aromatic heterocycles. The fraction of sp³-hybridized carbons (Fsp3) is 0.128. The summed E-state index contributed by atoms with van der Waals surface area (Å²) < 4.78 is 139. The summed E-state index contributed by atoms with van der Waals surface area (Å²) >= 11 is 0. The number of aromatic hydroxyl groups is 2. The monoisotopic (exact) mass is 1640 g/mol. The zero-order valence-electron chi connectivity index (χ0n) is 65.7. The van der Waals surface area contributed by atoms with E-state index < -0.39 is 50.1 Å². The van der Waals surface area contributed by atoms with Gasteiger partial charge in [0.1, 0.15) is 11.5 Å². The minimum absolute atomic E-state index is 0.0245. The number of fused-ring (bicyclic) bond motifs is 4. The molecule has 7 N–H and O–H groups in total. The van der Waals surface area contributed by atoms with Crippen LogP contribution >= 0.6 is 0 Å². The molecule has 0 bridgehead atoms. The van der Waals surface area contributed by atoms with Crippen LogP contribution in [0.3, 0.4) is 0 Å². The van der Waals surface area contributed by atoms with E-state index in [1.807, 2.05) is 211 Å². The predicted octanol–water partition coefficient (Wildman–Crippen LogP) is 21.8. The van der Waals surface area contributed by atoms with Gasteiger partial charge in [-0.1, -0.05) is 232 Å². The van der Waals surface area contributed by atoms with Gasteiger partial charge in [0.25, 0.3) is 50.1 Å². The van der Waals surface area contributed by atoms with Gasteiger partial charge in [0.15, 0.2) is 0 Å². The first-order valence-corrected chi connectivity index (χ1v) is 44.6. The molecule has 0 radical (unpaired) electrons. The minimum atomic E-state index is -3.68. The molecule has 22 heteroatoms. The molecule has 0 fully saturated rings. The second kappa shape index (κ2) is 36.0. The van der Waals surface area contributed by atoms with Crippen molar-refractivity contribution >= 4 is 122 Å². The van der Waals surface area contributed by atoms with Gasteiger partial charge in [-0.15, -0.1) is 0 Å². The third-order valence-corrected chi connectivity index (χ3v) is 26.0. The van der Waals surface area contributed by atoms with Crippen molar-refractivity contribution in [2.45, 2.75) is 106 Å². The first-order valence-electron chi connectivity index (χ1n) is 37.1. The van der Waals surface area contributed by atoms with Crippen molar-refractivity contribution in [3.8, 4) is 22.6 Å². The number of benzene rings is 15. The highest BCUT2D eigenvalue weighted by Gasteiger charge is 2.23. The van der Waals surface area contributed by atoms with E-state index in [1.54, 1.807) is 129 Å². The number of phenolic OH excluding ortho intramolecular Hbond substituents is 2. The van der Waals surface area contributed by atoms with E-state index in [-0.39, 0.29) is 41.4 Å². The Labute approximate surface area is 680 Å². The summed E-state index contributed by atoms with van der Waals surface area (Å²) in [5.41, 5.74) is 12.5. The average Bonchev–Trinajstić information content (AvgIpc) is 0.806. The summed E-state index contributed by atoms with van der Waals surface area (Å²) in [6.07, 6.45) is 0.885. The van der Waals surface area contributed by atoms with Gasteiger partial charge in [0, 0.05) is 16.2 Å². The molecule has 0 saturated carbocycles. The van der Waals surface area contributed by atoms with E-state index in [9.17, 15) is 52.3 Å². The number of hydrogen-bond acceptors (Lipinski definition) is 12. The third kappa shape index (κ3) is 21.8. The normalized spacial score (nSPS) is 11.6. The molecule has 0 unspecified atom stereocenters. The number of hydrogen-bond donors (Lipinski definition) is 7. The van der Waals surface area contributed by atoms with E-state index in [4.69, 9.17) is 0 Å². The van der Waals surface area contributed by atoms with Crippen LogP contribution in [0.1, 0.15) is 72.2 Å². The molecule has 0 atom stereocenters. The average molecular weight is 1640 g/mol. The van der Waals surface area contributed by atoms with E-state index in [2.05, 4.69) is 44.4 Å². The Morgan fingerprint density at radius 1 is 0.267 bits per heavy atom. The SMILES string of the molecule is CCc1ccc(S(=O)(=O)Nc2cccc3ccc(C)cc23)cc1.Cc1cc(O)ccc1NS(=O)(=O)c1ccc(-c2ccccc2)cc1.Cc1cc(O)ccc1NS(=O)(=O)c1ccc(C(C)(C)C)cc1.Cc1ccc(S(=O)(=O)Nc2cccc3ccc(C)cc23)cc1.Cc1ccc2cccc(NS(=O)(=O)c3ccc4ccccc4c3)c2c1. The maximum absolute atomic E-state index is 12.9. The van der Waals surface area contributed by atoms with Crippen LogP contribution in [0.25, 0.3) is 54.2 Å². The van der Waals surface area contributed by atoms with Crippen LogP contribution < -0.4 is 23.6 Å². The van der Waals surface area contributed by atoms with Crippen LogP contribution in [-0.4, -0.2) is 52.3 Å². The summed E-state index contributed by atoms with van der Waals surface area (Å²) in [6, 6.07) is 94.0. The van der Waals surface area contributed by atoms with Crippen molar-refractivity contribution in [3.63, 3.8) is 0 Å².